The van der Waals surface area contributed by atoms with Crippen LogP contribution in [0.1, 0.15) is 32.8 Å². The maximum Gasteiger partial charge on any atom is 3.00 e. The quantitative estimate of drug-likeness (QED) is 0.476. The van der Waals surface area contributed by atoms with Crippen molar-refractivity contribution in [3.8, 4) is 0 Å². The van der Waals surface area contributed by atoms with Crippen molar-refractivity contribution in [3.05, 3.63) is 71.8 Å². The monoisotopic (exact) mass is 445 g/mol. The van der Waals surface area contributed by atoms with Gasteiger partial charge in [0.05, 0.1) is 0 Å². The molecule has 0 atom stereocenters. The summed E-state index contributed by atoms with van der Waals surface area (Å²) in [7, 11) is 0. The van der Waals surface area contributed by atoms with Crippen molar-refractivity contribution in [1.82, 2.24) is 0 Å². The van der Waals surface area contributed by atoms with Gasteiger partial charge in [-0.3, -0.25) is 0 Å². The van der Waals surface area contributed by atoms with Gasteiger partial charge in [-0.2, -0.15) is 0 Å². The minimum absolute atomic E-state index is 0. The van der Waals surface area contributed by atoms with Gasteiger partial charge in [-0.05, 0) is 17.4 Å². The van der Waals surface area contributed by atoms with E-state index in [1.807, 2.05) is 0 Å². The van der Waals surface area contributed by atoms with E-state index >= 15 is 0 Å². The first-order valence-corrected chi connectivity index (χ1v) is 8.03. The molecule has 1 radical (unpaired) electrons. The summed E-state index contributed by atoms with van der Waals surface area (Å²) in [5.74, 6) is 0. The molecule has 1 aliphatic rings. The van der Waals surface area contributed by atoms with Gasteiger partial charge in [-0.1, -0.05) is 80.5 Å². The molecule has 0 aliphatic heterocycles. The zero-order chi connectivity index (χ0) is 15.3. The van der Waals surface area contributed by atoms with E-state index in [9.17, 15) is 0 Å². The van der Waals surface area contributed by atoms with E-state index in [0.717, 1.165) is 6.42 Å². The Morgan fingerprint density at radius 1 is 0.880 bits per heavy atom. The first-order chi connectivity index (χ1) is 10.5. The van der Waals surface area contributed by atoms with Gasteiger partial charge in [0.25, 0.3) is 0 Å². The average molecular weight is 448 g/mol. The van der Waals surface area contributed by atoms with Crippen molar-refractivity contribution in [3.63, 3.8) is 0 Å². The van der Waals surface area contributed by atoms with Gasteiger partial charge in [-0.15, -0.1) is 33.7 Å². The minimum atomic E-state index is 0. The van der Waals surface area contributed by atoms with E-state index in [4.69, 9.17) is 0 Å². The Labute approximate surface area is 181 Å². The zero-order valence-corrected chi connectivity index (χ0v) is 18.7. The van der Waals surface area contributed by atoms with Crippen molar-refractivity contribution in [1.29, 1.82) is 0 Å². The zero-order valence-electron chi connectivity index (χ0n) is 14.7. The molecule has 1 aliphatic carbocycles. The van der Waals surface area contributed by atoms with E-state index in [1.54, 1.807) is 0 Å². The van der Waals surface area contributed by atoms with Crippen LogP contribution in [-0.4, -0.2) is 0 Å². The summed E-state index contributed by atoms with van der Waals surface area (Å²) >= 11 is 0. The molecule has 0 heterocycles. The molecule has 3 aromatic rings. The van der Waals surface area contributed by atoms with Gasteiger partial charge in [0.1, 0.15) is 0 Å². The molecule has 4 rings (SSSR count). The molecule has 0 nitrogen and oxygen atoms in total. The number of rotatable bonds is 1. The smallest absolute Gasteiger partial charge is 1.00 e. The summed E-state index contributed by atoms with van der Waals surface area (Å²) in [6.45, 7) is 6.86. The molecule has 3 heteroatoms. The molecule has 0 unspecified atom stereocenters. The fourth-order valence-corrected chi connectivity index (χ4v) is 3.50. The Morgan fingerprint density at radius 2 is 1.56 bits per heavy atom. The molecule has 0 spiro atoms. The van der Waals surface area contributed by atoms with Gasteiger partial charge in [-0.25, -0.2) is 0 Å². The topological polar surface area (TPSA) is 0 Å². The van der Waals surface area contributed by atoms with E-state index in [1.165, 1.54) is 38.3 Å². The van der Waals surface area contributed by atoms with E-state index in [-0.39, 0.29) is 56.4 Å². The Balaban J connectivity index is 0.00000104. The molecular weight excluding hydrogens is 426 g/mol. The first-order valence-electron chi connectivity index (χ1n) is 8.03. The second kappa shape index (κ2) is 8.30. The third-order valence-electron chi connectivity index (χ3n) is 4.74. The Morgan fingerprint density at radius 3 is 2.24 bits per heavy atom. The number of hydrogen-bond acceptors (Lipinski definition) is 0. The van der Waals surface area contributed by atoms with Crippen LogP contribution in [0.25, 0.3) is 27.1 Å². The van der Waals surface area contributed by atoms with Crippen LogP contribution in [0.5, 0.6) is 0 Å². The Bertz CT molecular complexity index is 939. The van der Waals surface area contributed by atoms with Crippen LogP contribution in [0.4, 0.5) is 0 Å². The summed E-state index contributed by atoms with van der Waals surface area (Å²) < 4.78 is 0. The van der Waals surface area contributed by atoms with Crippen molar-refractivity contribution in [2.45, 2.75) is 27.2 Å². The summed E-state index contributed by atoms with van der Waals surface area (Å²) in [5, 5.41) is 5.46. The second-order valence-electron chi connectivity index (χ2n) is 7.28. The van der Waals surface area contributed by atoms with E-state index in [0.29, 0.717) is 0 Å². The van der Waals surface area contributed by atoms with Crippen LogP contribution in [0.2, 0.25) is 0 Å². The Kier molecular flexibility index (Phi) is 7.40. The van der Waals surface area contributed by atoms with Crippen LogP contribution in [0, 0.1) is 5.41 Å². The number of halogens is 2. The van der Waals surface area contributed by atoms with Crippen molar-refractivity contribution < 1.29 is 51.0 Å². The van der Waals surface area contributed by atoms with Crippen molar-refractivity contribution in [2.24, 2.45) is 5.41 Å². The second-order valence-corrected chi connectivity index (χ2v) is 7.28. The Hall–Kier alpha value is -0.747. The van der Waals surface area contributed by atoms with Crippen LogP contribution < -0.4 is 24.8 Å². The maximum atomic E-state index is 2.40. The van der Waals surface area contributed by atoms with E-state index in [2.05, 4.69) is 81.5 Å². The standard InChI is InChI=1S/C22H21.2ClH.Zr/c1-22(2,3)17-12-11-16(13-17)19-9-6-10-20-18-8-5-4-7-15(18)14-21(19)20;;;/h4-10,12-14H,11H2,1-3H3;2*1H;/q-1;;;+3/p-2. The summed E-state index contributed by atoms with van der Waals surface area (Å²) in [4.78, 5) is 0. The van der Waals surface area contributed by atoms with Gasteiger partial charge < -0.3 is 24.8 Å². The normalized spacial score (nSPS) is 13.6. The van der Waals surface area contributed by atoms with Gasteiger partial charge in [0.15, 0.2) is 0 Å². The summed E-state index contributed by atoms with van der Waals surface area (Å²) in [5.41, 5.74) is 4.53. The van der Waals surface area contributed by atoms with Gasteiger partial charge in [0, 0.05) is 0 Å². The predicted molar refractivity (Wildman–Crippen MR) is 97.2 cm³/mol. The maximum absolute atomic E-state index is 2.40. The number of allylic oxidation sites excluding steroid dienone is 4. The molecule has 0 amide bonds. The third kappa shape index (κ3) is 4.00. The fourth-order valence-electron chi connectivity index (χ4n) is 3.50. The summed E-state index contributed by atoms with van der Waals surface area (Å²) in [6, 6.07) is 17.7. The number of hydrogen-bond donors (Lipinski definition) is 0. The predicted octanol–water partition coefficient (Wildman–Crippen LogP) is 0.477. The molecule has 3 aromatic carbocycles. The molecular formula is C22H21Cl2Zr. The van der Waals surface area contributed by atoms with Crippen molar-refractivity contribution >= 4 is 27.1 Å². The number of benzene rings is 2. The van der Waals surface area contributed by atoms with Crippen LogP contribution in [-0.2, 0) is 26.2 Å². The fraction of sp³-hybridized carbons (Fsp3) is 0.227. The first kappa shape index (κ1) is 22.3. The molecule has 25 heavy (non-hydrogen) atoms. The third-order valence-corrected chi connectivity index (χ3v) is 4.74. The molecule has 0 fully saturated rings. The molecule has 0 aromatic heterocycles. The van der Waals surface area contributed by atoms with E-state index < -0.39 is 0 Å². The van der Waals surface area contributed by atoms with Crippen LogP contribution >= 0.6 is 0 Å². The molecule has 0 saturated carbocycles. The molecule has 0 N–H and O–H groups in total. The van der Waals surface area contributed by atoms with Crippen LogP contribution in [0.15, 0.2) is 66.3 Å². The summed E-state index contributed by atoms with van der Waals surface area (Å²) in [6.07, 6.45) is 5.83. The molecule has 127 valence electrons. The van der Waals surface area contributed by atoms with Crippen molar-refractivity contribution in [2.75, 3.05) is 0 Å². The molecule has 0 saturated heterocycles. The van der Waals surface area contributed by atoms with Gasteiger partial charge >= 0.3 is 26.2 Å². The minimum Gasteiger partial charge on any atom is -1.00 e. The SMILES string of the molecule is CC(C)(C)C1=CCC(c2cccc3c2[cH-]c2ccccc23)=C1.[Cl-].[Cl-].[Zr+3]. The average Bonchev–Trinajstić information content (AvgIpc) is 3.11. The van der Waals surface area contributed by atoms with Crippen LogP contribution in [0.3, 0.4) is 0 Å². The largest absolute Gasteiger partial charge is 3.00 e. The number of fused-ring (bicyclic) bond motifs is 3. The molecule has 0 bridgehead atoms. The van der Waals surface area contributed by atoms with Gasteiger partial charge in [0.2, 0.25) is 0 Å².